The number of aryl methyl sites for hydroxylation is 1. The molecule has 0 unspecified atom stereocenters. The molecule has 0 saturated carbocycles. The normalized spacial score (nSPS) is 10.8. The molecule has 4 nitrogen and oxygen atoms in total. The Balaban J connectivity index is 2.87. The lowest BCUT2D eigenvalue weighted by atomic mass is 10.2. The molecule has 1 aromatic carbocycles. The van der Waals surface area contributed by atoms with Gasteiger partial charge in [-0.25, -0.2) is 18.1 Å². The molecule has 0 fully saturated rings. The van der Waals surface area contributed by atoms with Crippen LogP contribution >= 0.6 is 11.6 Å². The fourth-order valence-corrected chi connectivity index (χ4v) is 2.17. The second kappa shape index (κ2) is 5.20. The Morgan fingerprint density at radius 2 is 1.90 bits per heavy atom. The molecule has 0 aliphatic rings. The quantitative estimate of drug-likeness (QED) is 0.866. The van der Waals surface area contributed by atoms with Gasteiger partial charge in [0.25, 0.3) is 5.56 Å². The monoisotopic (exact) mass is 300 g/mol. The number of H-pyrrole nitrogens is 1. The maximum Gasteiger partial charge on any atom is 0.334 e. The summed E-state index contributed by atoms with van der Waals surface area (Å²) >= 11 is 5.75. The van der Waals surface area contributed by atoms with Crippen LogP contribution < -0.4 is 11.2 Å². The molecule has 0 aliphatic carbocycles. The lowest BCUT2D eigenvalue weighted by Gasteiger charge is -2.10. The van der Waals surface area contributed by atoms with Gasteiger partial charge in [0.2, 0.25) is 0 Å². The smallest absolute Gasteiger partial charge is 0.297 e. The third kappa shape index (κ3) is 2.27. The fraction of sp³-hybridized carbons (Fsp3) is 0.231. The first kappa shape index (κ1) is 14.5. The van der Waals surface area contributed by atoms with E-state index in [4.69, 9.17) is 11.6 Å². The number of aromatic amines is 1. The van der Waals surface area contributed by atoms with Gasteiger partial charge >= 0.3 is 5.69 Å². The number of hydrogen-bond donors (Lipinski definition) is 1. The van der Waals surface area contributed by atoms with Crippen LogP contribution in [-0.4, -0.2) is 9.55 Å². The van der Waals surface area contributed by atoms with Gasteiger partial charge in [0.15, 0.2) is 0 Å². The molecule has 2 aromatic rings. The van der Waals surface area contributed by atoms with E-state index in [0.717, 1.165) is 12.1 Å². The zero-order valence-corrected chi connectivity index (χ0v) is 11.5. The number of rotatable bonds is 2. The van der Waals surface area contributed by atoms with Gasteiger partial charge in [0.05, 0.1) is 11.3 Å². The van der Waals surface area contributed by atoms with Gasteiger partial charge in [-0.05, 0) is 25.0 Å². The molecular formula is C13H11ClF2N2O2. The summed E-state index contributed by atoms with van der Waals surface area (Å²) < 4.78 is 28.0. The average Bonchev–Trinajstić information content (AvgIpc) is 2.35. The lowest BCUT2D eigenvalue weighted by molar-refractivity contribution is 0.581. The molecule has 106 valence electrons. The summed E-state index contributed by atoms with van der Waals surface area (Å²) in [5, 5.41) is -0.0910. The number of hydrogen-bond acceptors (Lipinski definition) is 2. The highest BCUT2D eigenvalue weighted by atomic mass is 35.5. The topological polar surface area (TPSA) is 54.9 Å². The van der Waals surface area contributed by atoms with E-state index in [-0.39, 0.29) is 22.7 Å². The van der Waals surface area contributed by atoms with Crippen molar-refractivity contribution in [2.24, 2.45) is 0 Å². The van der Waals surface area contributed by atoms with Crippen molar-refractivity contribution in [3.63, 3.8) is 0 Å². The first-order valence-corrected chi connectivity index (χ1v) is 6.24. The van der Waals surface area contributed by atoms with E-state index in [1.54, 1.807) is 6.92 Å². The van der Waals surface area contributed by atoms with Crippen molar-refractivity contribution in [2.45, 2.75) is 20.3 Å². The summed E-state index contributed by atoms with van der Waals surface area (Å²) in [6.45, 7) is 3.05. The van der Waals surface area contributed by atoms with E-state index in [1.807, 2.05) is 0 Å². The predicted molar refractivity (Wildman–Crippen MR) is 71.7 cm³/mol. The highest BCUT2D eigenvalue weighted by molar-refractivity contribution is 6.30. The molecule has 2 rings (SSSR count). The maximum atomic E-state index is 13.9. The second-order valence-electron chi connectivity index (χ2n) is 4.27. The van der Waals surface area contributed by atoms with Crippen molar-refractivity contribution in [2.75, 3.05) is 0 Å². The van der Waals surface area contributed by atoms with Crippen molar-refractivity contribution in [1.29, 1.82) is 0 Å². The summed E-state index contributed by atoms with van der Waals surface area (Å²) in [6.07, 6.45) is 0.254. The van der Waals surface area contributed by atoms with Crippen LogP contribution in [0.4, 0.5) is 8.78 Å². The van der Waals surface area contributed by atoms with Crippen LogP contribution in [0.1, 0.15) is 18.1 Å². The number of aromatic nitrogens is 2. The van der Waals surface area contributed by atoms with Crippen molar-refractivity contribution in [3.05, 3.63) is 60.9 Å². The third-order valence-corrected chi connectivity index (χ3v) is 3.29. The third-order valence-electron chi connectivity index (χ3n) is 2.97. The van der Waals surface area contributed by atoms with Crippen molar-refractivity contribution in [1.82, 2.24) is 9.55 Å². The van der Waals surface area contributed by atoms with Crippen molar-refractivity contribution < 1.29 is 8.78 Å². The SMILES string of the molecule is CCc1c(Cl)[nH]c(=O)n(-c2cc(F)c(C)cc2F)c1=O. The van der Waals surface area contributed by atoms with Gasteiger partial charge in [-0.15, -0.1) is 0 Å². The molecule has 20 heavy (non-hydrogen) atoms. The standard InChI is InChI=1S/C13H11ClF2N2O2/c1-3-7-11(14)17-13(20)18(12(7)19)10-5-8(15)6(2)4-9(10)16/h4-5H,3H2,1-2H3,(H,17,20). The highest BCUT2D eigenvalue weighted by Gasteiger charge is 2.17. The number of nitrogens with zero attached hydrogens (tertiary/aromatic N) is 1. The van der Waals surface area contributed by atoms with Crippen molar-refractivity contribution >= 4 is 11.6 Å². The van der Waals surface area contributed by atoms with Gasteiger partial charge in [-0.2, -0.15) is 0 Å². The highest BCUT2D eigenvalue weighted by Crippen LogP contribution is 2.16. The predicted octanol–water partition coefficient (Wildman–Crippen LogP) is 2.33. The number of benzene rings is 1. The van der Waals surface area contributed by atoms with Gasteiger partial charge in [-0.1, -0.05) is 18.5 Å². The van der Waals surface area contributed by atoms with Crippen LogP contribution in [0, 0.1) is 18.6 Å². The van der Waals surface area contributed by atoms with Gasteiger partial charge < -0.3 is 0 Å². The van der Waals surface area contributed by atoms with E-state index in [0.29, 0.717) is 4.57 Å². The van der Waals surface area contributed by atoms with Gasteiger partial charge in [0, 0.05) is 6.07 Å². The lowest BCUT2D eigenvalue weighted by Crippen LogP contribution is -2.36. The van der Waals surface area contributed by atoms with Crippen LogP contribution in [-0.2, 0) is 6.42 Å². The van der Waals surface area contributed by atoms with Crippen LogP contribution in [0.5, 0.6) is 0 Å². The summed E-state index contributed by atoms with van der Waals surface area (Å²) in [5.41, 5.74) is -1.90. The molecular weight excluding hydrogens is 290 g/mol. The number of nitrogens with one attached hydrogen (secondary N) is 1. The Kier molecular flexibility index (Phi) is 3.76. The Hall–Kier alpha value is -1.95. The summed E-state index contributed by atoms with van der Waals surface area (Å²) in [5.74, 6) is -1.57. The molecule has 7 heteroatoms. The van der Waals surface area contributed by atoms with Crippen molar-refractivity contribution in [3.8, 4) is 5.69 Å². The summed E-state index contributed by atoms with van der Waals surface area (Å²) in [7, 11) is 0. The maximum absolute atomic E-state index is 13.9. The minimum Gasteiger partial charge on any atom is -0.297 e. The Morgan fingerprint density at radius 1 is 1.25 bits per heavy atom. The molecule has 1 N–H and O–H groups in total. The van der Waals surface area contributed by atoms with E-state index >= 15 is 0 Å². The van der Waals surface area contributed by atoms with Gasteiger partial charge in [-0.3, -0.25) is 9.78 Å². The minimum atomic E-state index is -0.917. The molecule has 0 bridgehead atoms. The number of halogens is 3. The molecule has 0 radical (unpaired) electrons. The zero-order valence-electron chi connectivity index (χ0n) is 10.8. The van der Waals surface area contributed by atoms with E-state index < -0.39 is 28.6 Å². The van der Waals surface area contributed by atoms with E-state index in [1.165, 1.54) is 6.92 Å². The second-order valence-corrected chi connectivity index (χ2v) is 4.65. The zero-order chi connectivity index (χ0) is 15.0. The Morgan fingerprint density at radius 3 is 2.50 bits per heavy atom. The fourth-order valence-electron chi connectivity index (χ4n) is 1.88. The van der Waals surface area contributed by atoms with Crippen LogP contribution in [0.3, 0.4) is 0 Å². The molecule has 0 saturated heterocycles. The summed E-state index contributed by atoms with van der Waals surface area (Å²) in [6, 6.07) is 1.74. The molecule has 0 spiro atoms. The largest absolute Gasteiger partial charge is 0.334 e. The van der Waals surface area contributed by atoms with E-state index in [2.05, 4.69) is 4.98 Å². The molecule has 0 aliphatic heterocycles. The minimum absolute atomic E-state index is 0.0837. The average molecular weight is 301 g/mol. The Bertz CT molecular complexity index is 796. The first-order valence-electron chi connectivity index (χ1n) is 5.86. The Labute approximate surface area is 117 Å². The molecule has 1 heterocycles. The van der Waals surface area contributed by atoms with E-state index in [9.17, 15) is 18.4 Å². The van der Waals surface area contributed by atoms with Crippen LogP contribution in [0.25, 0.3) is 5.69 Å². The molecule has 0 atom stereocenters. The molecule has 1 aromatic heterocycles. The first-order chi connectivity index (χ1) is 9.36. The van der Waals surface area contributed by atoms with Crippen LogP contribution in [0.2, 0.25) is 5.15 Å². The van der Waals surface area contributed by atoms with Crippen LogP contribution in [0.15, 0.2) is 21.7 Å². The molecule has 0 amide bonds. The van der Waals surface area contributed by atoms with Gasteiger partial charge in [0.1, 0.15) is 16.8 Å². The summed E-state index contributed by atoms with van der Waals surface area (Å²) in [4.78, 5) is 26.2.